The third-order valence-electron chi connectivity index (χ3n) is 5.83. The molecule has 0 bridgehead atoms. The zero-order valence-corrected chi connectivity index (χ0v) is 23.3. The number of anilines is 2. The number of ether oxygens (including phenoxy) is 1. The molecule has 0 aliphatic heterocycles. The lowest BCUT2D eigenvalue weighted by Crippen LogP contribution is -2.41. The van der Waals surface area contributed by atoms with Crippen LogP contribution in [0.5, 0.6) is 0 Å². The van der Waals surface area contributed by atoms with Crippen LogP contribution in [0, 0.1) is 6.92 Å². The molecule has 198 valence electrons. The molecule has 3 rings (SSSR count). The Labute approximate surface area is 223 Å². The first kappa shape index (κ1) is 28.3. The van der Waals surface area contributed by atoms with Gasteiger partial charge in [0.1, 0.15) is 12.4 Å². The number of nitrogens with one attached hydrogen (secondary N) is 2. The minimum absolute atomic E-state index is 0.109. The number of thioether (sulfide) groups is 1. The average molecular weight is 524 g/mol. The molecule has 0 aliphatic carbocycles. The Morgan fingerprint density at radius 2 is 1.78 bits per heavy atom. The SMILES string of the molecule is COCCCN(CC(=O)Nc1cc(C(C)(C)C)nn1-c1ccccc1C)C(=O)Nc1ccc(SC)cc1. The summed E-state index contributed by atoms with van der Waals surface area (Å²) in [5.74, 6) is 0.259. The first-order chi connectivity index (χ1) is 17.6. The summed E-state index contributed by atoms with van der Waals surface area (Å²) < 4.78 is 6.91. The van der Waals surface area contributed by atoms with Gasteiger partial charge in [-0.15, -0.1) is 11.8 Å². The topological polar surface area (TPSA) is 88.5 Å². The normalized spacial score (nSPS) is 11.3. The summed E-state index contributed by atoms with van der Waals surface area (Å²) in [6, 6.07) is 17.0. The van der Waals surface area contributed by atoms with E-state index < -0.39 is 0 Å². The van der Waals surface area contributed by atoms with Crippen molar-refractivity contribution in [1.82, 2.24) is 14.7 Å². The fourth-order valence-electron chi connectivity index (χ4n) is 3.71. The van der Waals surface area contributed by atoms with Gasteiger partial charge in [-0.2, -0.15) is 5.10 Å². The van der Waals surface area contributed by atoms with Crippen molar-refractivity contribution in [2.45, 2.75) is 44.4 Å². The van der Waals surface area contributed by atoms with E-state index in [1.54, 1.807) is 23.6 Å². The first-order valence-electron chi connectivity index (χ1n) is 12.3. The fourth-order valence-corrected chi connectivity index (χ4v) is 4.11. The summed E-state index contributed by atoms with van der Waals surface area (Å²) in [6.45, 7) is 9.00. The van der Waals surface area contributed by atoms with Crippen molar-refractivity contribution in [2.24, 2.45) is 0 Å². The predicted molar refractivity (Wildman–Crippen MR) is 151 cm³/mol. The van der Waals surface area contributed by atoms with E-state index in [1.807, 2.05) is 67.8 Å². The Kier molecular flexibility index (Phi) is 9.77. The van der Waals surface area contributed by atoms with Crippen LogP contribution in [0.2, 0.25) is 0 Å². The number of amides is 3. The van der Waals surface area contributed by atoms with Crippen molar-refractivity contribution < 1.29 is 14.3 Å². The molecule has 0 atom stereocenters. The van der Waals surface area contributed by atoms with Gasteiger partial charge >= 0.3 is 6.03 Å². The zero-order chi connectivity index (χ0) is 27.0. The van der Waals surface area contributed by atoms with Crippen molar-refractivity contribution >= 4 is 35.2 Å². The lowest BCUT2D eigenvalue weighted by Gasteiger charge is -2.23. The van der Waals surface area contributed by atoms with Crippen LogP contribution < -0.4 is 10.6 Å². The maximum absolute atomic E-state index is 13.2. The van der Waals surface area contributed by atoms with Gasteiger partial charge in [0.15, 0.2) is 0 Å². The molecular weight excluding hydrogens is 486 g/mol. The molecule has 3 amide bonds. The molecular formula is C28H37N5O3S. The minimum atomic E-state index is -0.342. The molecule has 0 fully saturated rings. The highest BCUT2D eigenvalue weighted by molar-refractivity contribution is 7.98. The van der Waals surface area contributed by atoms with Gasteiger partial charge in [0, 0.05) is 42.3 Å². The Hall–Kier alpha value is -3.30. The van der Waals surface area contributed by atoms with E-state index in [2.05, 4.69) is 31.4 Å². The Morgan fingerprint density at radius 1 is 1.08 bits per heavy atom. The van der Waals surface area contributed by atoms with Gasteiger partial charge in [-0.1, -0.05) is 39.0 Å². The number of hydrogen-bond donors (Lipinski definition) is 2. The number of hydrogen-bond acceptors (Lipinski definition) is 5. The largest absolute Gasteiger partial charge is 0.385 e. The molecule has 9 heteroatoms. The number of aryl methyl sites for hydroxylation is 1. The van der Waals surface area contributed by atoms with Crippen LogP contribution in [-0.2, 0) is 14.9 Å². The summed E-state index contributed by atoms with van der Waals surface area (Å²) >= 11 is 1.63. The molecule has 1 aromatic heterocycles. The van der Waals surface area contributed by atoms with Crippen molar-refractivity contribution in [3.05, 3.63) is 65.9 Å². The Balaban J connectivity index is 1.80. The fraction of sp³-hybridized carbons (Fsp3) is 0.393. The molecule has 0 radical (unpaired) electrons. The molecule has 1 heterocycles. The van der Waals surface area contributed by atoms with E-state index in [1.165, 1.54) is 4.90 Å². The molecule has 0 aliphatic rings. The Morgan fingerprint density at radius 3 is 2.41 bits per heavy atom. The van der Waals surface area contributed by atoms with Crippen LogP contribution in [0.1, 0.15) is 38.4 Å². The highest BCUT2D eigenvalue weighted by Crippen LogP contribution is 2.27. The van der Waals surface area contributed by atoms with Crippen LogP contribution in [0.25, 0.3) is 5.69 Å². The van der Waals surface area contributed by atoms with Crippen LogP contribution in [0.4, 0.5) is 16.3 Å². The second-order valence-corrected chi connectivity index (χ2v) is 10.7. The van der Waals surface area contributed by atoms with Crippen molar-refractivity contribution in [3.8, 4) is 5.69 Å². The molecule has 2 aromatic carbocycles. The number of nitrogens with zero attached hydrogens (tertiary/aromatic N) is 3. The predicted octanol–water partition coefficient (Wildman–Crippen LogP) is 5.71. The molecule has 0 saturated carbocycles. The summed E-state index contributed by atoms with van der Waals surface area (Å²) in [5.41, 5.74) is 3.25. The number of carbonyl (C=O) groups excluding carboxylic acids is 2. The standard InChI is InChI=1S/C28H37N5O3S/c1-20-10-7-8-11-23(20)33-25(18-24(31-33)28(2,3)4)30-26(34)19-32(16-9-17-36-5)27(35)29-21-12-14-22(37-6)15-13-21/h7-8,10-15,18H,9,16-17,19H2,1-6H3,(H,29,35)(H,30,34). The second-order valence-electron chi connectivity index (χ2n) is 9.84. The van der Waals surface area contributed by atoms with Crippen molar-refractivity contribution in [3.63, 3.8) is 0 Å². The van der Waals surface area contributed by atoms with Crippen molar-refractivity contribution in [2.75, 3.05) is 43.7 Å². The monoisotopic (exact) mass is 523 g/mol. The third-order valence-corrected chi connectivity index (χ3v) is 6.57. The second kappa shape index (κ2) is 12.8. The van der Waals surface area contributed by atoms with E-state index in [-0.39, 0.29) is 23.9 Å². The third kappa shape index (κ3) is 7.84. The highest BCUT2D eigenvalue weighted by atomic mass is 32.2. The summed E-state index contributed by atoms with van der Waals surface area (Å²) in [6.07, 6.45) is 2.61. The number of rotatable bonds is 10. The average Bonchev–Trinajstić information content (AvgIpc) is 3.28. The number of methoxy groups -OCH3 is 1. The first-order valence-corrected chi connectivity index (χ1v) is 13.5. The molecule has 8 nitrogen and oxygen atoms in total. The van der Waals surface area contributed by atoms with Crippen LogP contribution >= 0.6 is 11.8 Å². The van der Waals surface area contributed by atoms with Gasteiger partial charge in [-0.3, -0.25) is 4.79 Å². The maximum atomic E-state index is 13.2. The highest BCUT2D eigenvalue weighted by Gasteiger charge is 2.23. The Bertz CT molecular complexity index is 1200. The summed E-state index contributed by atoms with van der Waals surface area (Å²) in [4.78, 5) is 28.9. The molecule has 0 unspecified atom stereocenters. The number of para-hydroxylation sites is 1. The van der Waals surface area contributed by atoms with Crippen LogP contribution in [-0.4, -0.2) is 59.7 Å². The quantitative estimate of drug-likeness (QED) is 0.263. The van der Waals surface area contributed by atoms with Gasteiger partial charge in [0.25, 0.3) is 0 Å². The van der Waals surface area contributed by atoms with Crippen molar-refractivity contribution in [1.29, 1.82) is 0 Å². The van der Waals surface area contributed by atoms with E-state index in [9.17, 15) is 9.59 Å². The number of carbonyl (C=O) groups is 2. The zero-order valence-electron chi connectivity index (χ0n) is 22.5. The smallest absolute Gasteiger partial charge is 0.322 e. The molecule has 2 N–H and O–H groups in total. The van der Waals surface area contributed by atoms with Gasteiger partial charge in [-0.25, -0.2) is 9.48 Å². The van der Waals surface area contributed by atoms with Crippen LogP contribution in [0.3, 0.4) is 0 Å². The molecule has 0 saturated heterocycles. The maximum Gasteiger partial charge on any atom is 0.322 e. The molecule has 37 heavy (non-hydrogen) atoms. The number of urea groups is 1. The number of benzene rings is 2. The van der Waals surface area contributed by atoms with E-state index in [0.717, 1.165) is 21.8 Å². The van der Waals surface area contributed by atoms with Gasteiger partial charge in [0.05, 0.1) is 11.4 Å². The van der Waals surface area contributed by atoms with Gasteiger partial charge in [-0.05, 0) is 55.5 Å². The van der Waals surface area contributed by atoms with Crippen LogP contribution in [0.15, 0.2) is 59.5 Å². The summed E-state index contributed by atoms with van der Waals surface area (Å²) in [5, 5.41) is 10.7. The van der Waals surface area contributed by atoms with Gasteiger partial charge in [0.2, 0.25) is 5.91 Å². The van der Waals surface area contributed by atoms with E-state index >= 15 is 0 Å². The summed E-state index contributed by atoms with van der Waals surface area (Å²) in [7, 11) is 1.62. The van der Waals surface area contributed by atoms with Gasteiger partial charge < -0.3 is 20.3 Å². The number of aromatic nitrogens is 2. The lowest BCUT2D eigenvalue weighted by atomic mass is 9.92. The minimum Gasteiger partial charge on any atom is -0.385 e. The molecule has 0 spiro atoms. The molecule has 3 aromatic rings. The van der Waals surface area contributed by atoms with E-state index in [4.69, 9.17) is 9.84 Å². The lowest BCUT2D eigenvalue weighted by molar-refractivity contribution is -0.116. The van der Waals surface area contributed by atoms with E-state index in [0.29, 0.717) is 31.1 Å².